The summed E-state index contributed by atoms with van der Waals surface area (Å²) in [6, 6.07) is 6.14. The van der Waals surface area contributed by atoms with Crippen LogP contribution in [0.3, 0.4) is 0 Å². The van der Waals surface area contributed by atoms with Gasteiger partial charge in [-0.05, 0) is 31.7 Å². The van der Waals surface area contributed by atoms with Crippen LogP contribution in [0, 0.1) is 0 Å². The third-order valence-corrected chi connectivity index (χ3v) is 8.22. The van der Waals surface area contributed by atoms with Crippen molar-refractivity contribution < 1.29 is 27.1 Å². The van der Waals surface area contributed by atoms with Gasteiger partial charge < -0.3 is 15.4 Å². The third-order valence-electron chi connectivity index (χ3n) is 6.98. The summed E-state index contributed by atoms with van der Waals surface area (Å²) in [5.41, 5.74) is -1.42. The van der Waals surface area contributed by atoms with Gasteiger partial charge in [-0.2, -0.15) is 18.3 Å². The molecule has 1 amide bonds. The largest absolute Gasteiger partial charge is 0.417 e. The van der Waals surface area contributed by atoms with Gasteiger partial charge in [-0.15, -0.1) is 11.8 Å². The first-order valence-corrected chi connectivity index (χ1v) is 14.1. The number of thioether (sulfide) groups is 1. The minimum atomic E-state index is -4.69. The summed E-state index contributed by atoms with van der Waals surface area (Å²) in [4.78, 5) is 18.8. The van der Waals surface area contributed by atoms with Crippen LogP contribution in [0.15, 0.2) is 49.3 Å². The van der Waals surface area contributed by atoms with Crippen molar-refractivity contribution in [2.24, 2.45) is 0 Å². The predicted octanol–water partition coefficient (Wildman–Crippen LogP) is 5.12. The van der Waals surface area contributed by atoms with Crippen LogP contribution in [0.2, 0.25) is 0 Å². The Morgan fingerprint density at radius 3 is 2.83 bits per heavy atom. The lowest BCUT2D eigenvalue weighted by molar-refractivity contribution is -0.0688. The van der Waals surface area contributed by atoms with Crippen molar-refractivity contribution in [3.63, 3.8) is 0 Å². The van der Waals surface area contributed by atoms with Gasteiger partial charge in [-0.25, -0.2) is 9.37 Å². The Labute approximate surface area is 238 Å². The highest BCUT2D eigenvalue weighted by atomic mass is 32.2. The summed E-state index contributed by atoms with van der Waals surface area (Å²) >= 11 is 1.18. The molecule has 2 atom stereocenters. The number of hydrogen-bond acceptors (Lipinski definition) is 7. The predicted molar refractivity (Wildman–Crippen MR) is 152 cm³/mol. The molecule has 0 spiro atoms. The van der Waals surface area contributed by atoms with Crippen LogP contribution < -0.4 is 10.6 Å². The summed E-state index contributed by atoms with van der Waals surface area (Å²) in [7, 11) is 1.92. The molecule has 2 fully saturated rings. The molecule has 218 valence electrons. The topological polar surface area (TPSA) is 84.3 Å². The molecule has 2 aliphatic heterocycles. The number of pyridine rings is 1. The molecule has 2 saturated heterocycles. The molecule has 4 heterocycles. The van der Waals surface area contributed by atoms with E-state index in [0.717, 1.165) is 0 Å². The van der Waals surface area contributed by atoms with Crippen molar-refractivity contribution in [3.05, 3.63) is 66.3 Å². The van der Waals surface area contributed by atoms with Gasteiger partial charge in [0, 0.05) is 41.6 Å². The number of halogens is 4. The zero-order valence-corrected chi connectivity index (χ0v) is 23.1. The Bertz CT molecular complexity index is 1460. The van der Waals surface area contributed by atoms with Crippen LogP contribution in [0.1, 0.15) is 34.2 Å². The zero-order valence-electron chi connectivity index (χ0n) is 22.3. The molecule has 13 heteroatoms. The van der Waals surface area contributed by atoms with Gasteiger partial charge in [0.1, 0.15) is 0 Å². The number of carbonyl (C=O) groups is 1. The maximum Gasteiger partial charge on any atom is 0.417 e. The SMILES string of the molecule is C=C(c1nc(/C=C/CNC(=O)c2cnn(C3COC3)c2)cc2c(N[C@@H]3CCN(C)CS[C@@H]3F)cccc12)C(F)(F)F. The standard InChI is InChI=1S/C28H30F4N6O2S/c1-17(28(30,31)32)25-21-6-3-7-23(36-24-8-10-37(2)16-41-26(24)29)22(21)11-19(35-25)5-4-9-33-27(39)18-12-34-38(13-18)20-14-40-15-20/h3-7,11-13,20,24,26,36H,1,8-10,14-16H2,2H3,(H,33,39)/b5-4+/t24-,26+/m1/s1. The first-order valence-electron chi connectivity index (χ1n) is 13.1. The van der Waals surface area contributed by atoms with Crippen molar-refractivity contribution in [1.82, 2.24) is 25.0 Å². The number of fused-ring (bicyclic) bond motifs is 1. The summed E-state index contributed by atoms with van der Waals surface area (Å²) in [5.74, 6) is 0.218. The molecule has 5 rings (SSSR count). The van der Waals surface area contributed by atoms with E-state index in [-0.39, 0.29) is 35.3 Å². The highest BCUT2D eigenvalue weighted by Gasteiger charge is 2.35. The van der Waals surface area contributed by atoms with E-state index in [2.05, 4.69) is 27.3 Å². The fourth-order valence-corrected chi connectivity index (χ4v) is 5.51. The Balaban J connectivity index is 1.38. The molecule has 0 saturated carbocycles. The molecule has 41 heavy (non-hydrogen) atoms. The number of ether oxygens (including phenoxy) is 1. The van der Waals surface area contributed by atoms with E-state index in [4.69, 9.17) is 4.74 Å². The molecule has 2 N–H and O–H groups in total. The maximum atomic E-state index is 14.9. The second-order valence-electron chi connectivity index (χ2n) is 10.1. The molecule has 8 nitrogen and oxygen atoms in total. The lowest BCUT2D eigenvalue weighted by Gasteiger charge is -2.25. The number of aromatic nitrogens is 3. The lowest BCUT2D eigenvalue weighted by atomic mass is 10.0. The van der Waals surface area contributed by atoms with Crippen molar-refractivity contribution in [2.45, 2.75) is 30.2 Å². The monoisotopic (exact) mass is 590 g/mol. The summed E-state index contributed by atoms with van der Waals surface area (Å²) in [6.45, 7) is 5.17. The number of allylic oxidation sites excluding steroid dienone is 1. The number of anilines is 1. The van der Waals surface area contributed by atoms with Crippen molar-refractivity contribution in [3.8, 4) is 0 Å². The van der Waals surface area contributed by atoms with Gasteiger partial charge >= 0.3 is 6.18 Å². The van der Waals surface area contributed by atoms with Crippen molar-refractivity contribution in [1.29, 1.82) is 0 Å². The van der Waals surface area contributed by atoms with Crippen molar-refractivity contribution in [2.75, 3.05) is 44.5 Å². The smallest absolute Gasteiger partial charge is 0.378 e. The minimum absolute atomic E-state index is 0.113. The Morgan fingerprint density at radius 1 is 1.29 bits per heavy atom. The van der Waals surface area contributed by atoms with Crippen LogP contribution in [-0.2, 0) is 4.74 Å². The molecular weight excluding hydrogens is 560 g/mol. The first-order chi connectivity index (χ1) is 19.6. The normalized spacial score (nSPS) is 20.6. The fourth-order valence-electron chi connectivity index (χ4n) is 4.54. The van der Waals surface area contributed by atoms with E-state index < -0.39 is 23.3 Å². The van der Waals surface area contributed by atoms with E-state index >= 15 is 0 Å². The van der Waals surface area contributed by atoms with E-state index in [1.54, 1.807) is 41.2 Å². The first kappa shape index (κ1) is 29.1. The van der Waals surface area contributed by atoms with Gasteiger partial charge in [0.15, 0.2) is 5.50 Å². The molecule has 0 unspecified atom stereocenters. The van der Waals surface area contributed by atoms with Gasteiger partial charge in [0.05, 0.1) is 54.0 Å². The molecule has 2 aromatic heterocycles. The molecule has 1 aromatic carbocycles. The number of rotatable bonds is 8. The zero-order chi connectivity index (χ0) is 29.1. The lowest BCUT2D eigenvalue weighted by Crippen LogP contribution is -2.31. The quantitative estimate of drug-likeness (QED) is 0.352. The van der Waals surface area contributed by atoms with Crippen LogP contribution in [0.5, 0.6) is 0 Å². The number of hydrogen-bond donors (Lipinski definition) is 2. The summed E-state index contributed by atoms with van der Waals surface area (Å²) in [6.07, 6.45) is 2.09. The van der Waals surface area contributed by atoms with Gasteiger partial charge in [0.25, 0.3) is 5.91 Å². The molecule has 0 aliphatic carbocycles. The molecule has 0 radical (unpaired) electrons. The third kappa shape index (κ3) is 6.74. The number of carbonyl (C=O) groups excluding carboxylic acids is 1. The minimum Gasteiger partial charge on any atom is -0.378 e. The number of nitrogens with one attached hydrogen (secondary N) is 2. The second kappa shape index (κ2) is 12.2. The van der Waals surface area contributed by atoms with E-state index in [0.29, 0.717) is 48.7 Å². The number of nitrogens with zero attached hydrogens (tertiary/aromatic N) is 4. The Kier molecular flexibility index (Phi) is 8.66. The van der Waals surface area contributed by atoms with Crippen LogP contribution in [0.25, 0.3) is 22.4 Å². The van der Waals surface area contributed by atoms with Crippen LogP contribution in [-0.4, -0.2) is 82.5 Å². The second-order valence-corrected chi connectivity index (χ2v) is 11.1. The average Bonchev–Trinajstić information content (AvgIpc) is 3.33. The van der Waals surface area contributed by atoms with Crippen LogP contribution >= 0.6 is 11.8 Å². The number of amides is 1. The van der Waals surface area contributed by atoms with Gasteiger partial charge in [-0.1, -0.05) is 24.8 Å². The number of benzene rings is 1. The highest BCUT2D eigenvalue weighted by molar-refractivity contribution is 7.99. The maximum absolute atomic E-state index is 14.9. The van der Waals surface area contributed by atoms with Crippen molar-refractivity contribution >= 4 is 45.8 Å². The Hall–Kier alpha value is -3.42. The average molecular weight is 591 g/mol. The molecule has 3 aromatic rings. The van der Waals surface area contributed by atoms with E-state index in [9.17, 15) is 22.4 Å². The Morgan fingerprint density at radius 2 is 2.10 bits per heavy atom. The highest BCUT2D eigenvalue weighted by Crippen LogP contribution is 2.38. The molecule has 0 bridgehead atoms. The van der Waals surface area contributed by atoms with E-state index in [1.165, 1.54) is 24.0 Å². The van der Waals surface area contributed by atoms with Crippen LogP contribution in [0.4, 0.5) is 23.2 Å². The molecular formula is C28H30F4N6O2S. The number of alkyl halides is 4. The van der Waals surface area contributed by atoms with Gasteiger partial charge in [0.2, 0.25) is 0 Å². The summed E-state index contributed by atoms with van der Waals surface area (Å²) < 4.78 is 63.0. The van der Waals surface area contributed by atoms with E-state index in [1.807, 2.05) is 11.9 Å². The fraction of sp³-hybridized carbons (Fsp3) is 0.393. The van der Waals surface area contributed by atoms with Gasteiger partial charge in [-0.3, -0.25) is 14.4 Å². The molecule has 2 aliphatic rings. The summed E-state index contributed by atoms with van der Waals surface area (Å²) in [5, 5.41) is 10.9.